The minimum Gasteiger partial charge on any atom is -0.856 e. The van der Waals surface area contributed by atoms with Crippen LogP contribution in [0, 0.1) is 0 Å². The van der Waals surface area contributed by atoms with Crippen LogP contribution in [0.2, 0.25) is 6.32 Å². The summed E-state index contributed by atoms with van der Waals surface area (Å²) in [5, 5.41) is 21.4. The Labute approximate surface area is 164 Å². The molecule has 0 aliphatic rings. The maximum absolute atomic E-state index is 11.4. The Balaban J connectivity index is 3.19. The van der Waals surface area contributed by atoms with Gasteiger partial charge in [-0.3, -0.25) is 0 Å². The van der Waals surface area contributed by atoms with E-state index in [9.17, 15) is 10.1 Å². The van der Waals surface area contributed by atoms with Crippen LogP contribution in [0.4, 0.5) is 0 Å². The minimum absolute atomic E-state index is 0.305. The summed E-state index contributed by atoms with van der Waals surface area (Å²) >= 11 is 0. The molecule has 0 rings (SSSR count). The monoisotopic (exact) mass is 369 g/mol. The lowest BCUT2D eigenvalue weighted by atomic mass is 9.83. The van der Waals surface area contributed by atoms with Gasteiger partial charge in [0.25, 0.3) is 0 Å². The molecule has 0 aliphatic carbocycles. The number of aliphatic hydroxyl groups is 1. The molecular formula is C22H46BO3-. The molecule has 0 heterocycles. The van der Waals surface area contributed by atoms with E-state index in [-0.39, 0.29) is 6.10 Å². The van der Waals surface area contributed by atoms with E-state index in [2.05, 4.69) is 13.8 Å². The third kappa shape index (κ3) is 20.3. The summed E-state index contributed by atoms with van der Waals surface area (Å²) < 4.78 is 5.22. The van der Waals surface area contributed by atoms with E-state index in [1.165, 1.54) is 77.0 Å². The van der Waals surface area contributed by atoms with Gasteiger partial charge in [-0.25, -0.2) is 0 Å². The molecule has 0 radical (unpaired) electrons. The molecule has 0 bridgehead atoms. The van der Waals surface area contributed by atoms with Gasteiger partial charge >= 0.3 is 0 Å². The van der Waals surface area contributed by atoms with Crippen molar-refractivity contribution in [1.29, 1.82) is 0 Å². The van der Waals surface area contributed by atoms with E-state index >= 15 is 0 Å². The van der Waals surface area contributed by atoms with Crippen molar-refractivity contribution in [1.82, 2.24) is 0 Å². The summed E-state index contributed by atoms with van der Waals surface area (Å²) in [5.41, 5.74) is 0. The molecule has 1 atom stereocenters. The summed E-state index contributed by atoms with van der Waals surface area (Å²) in [6.07, 6.45) is 21.2. The number of aliphatic hydroxyl groups excluding tert-OH is 1. The van der Waals surface area contributed by atoms with Crippen LogP contribution in [-0.2, 0) is 4.65 Å². The molecule has 1 N–H and O–H groups in total. The molecule has 4 heteroatoms. The van der Waals surface area contributed by atoms with Crippen LogP contribution in [0.1, 0.15) is 123 Å². The van der Waals surface area contributed by atoms with Gasteiger partial charge in [0.15, 0.2) is 7.12 Å². The van der Waals surface area contributed by atoms with Gasteiger partial charge in [-0.05, 0) is 12.8 Å². The molecule has 0 aromatic heterocycles. The summed E-state index contributed by atoms with van der Waals surface area (Å²) in [4.78, 5) is 0. The van der Waals surface area contributed by atoms with Crippen molar-refractivity contribution in [2.24, 2.45) is 0 Å². The molecule has 0 aliphatic heterocycles. The van der Waals surface area contributed by atoms with Gasteiger partial charge < -0.3 is 14.8 Å². The fourth-order valence-corrected chi connectivity index (χ4v) is 3.33. The Morgan fingerprint density at radius 3 is 1.65 bits per heavy atom. The highest BCUT2D eigenvalue weighted by molar-refractivity contribution is 6.40. The van der Waals surface area contributed by atoms with E-state index in [4.69, 9.17) is 4.65 Å². The van der Waals surface area contributed by atoms with Gasteiger partial charge in [-0.15, -0.1) is 0 Å². The van der Waals surface area contributed by atoms with Crippen molar-refractivity contribution >= 4 is 7.12 Å². The van der Waals surface area contributed by atoms with Crippen molar-refractivity contribution in [2.45, 2.75) is 135 Å². The lowest BCUT2D eigenvalue weighted by Crippen LogP contribution is -2.35. The van der Waals surface area contributed by atoms with Gasteiger partial charge in [0.05, 0.1) is 6.10 Å². The molecule has 0 saturated carbocycles. The van der Waals surface area contributed by atoms with Gasteiger partial charge in [-0.2, -0.15) is 0 Å². The molecule has 0 aromatic carbocycles. The van der Waals surface area contributed by atoms with Gasteiger partial charge in [-0.1, -0.05) is 116 Å². The van der Waals surface area contributed by atoms with E-state index in [1.807, 2.05) is 0 Å². The topological polar surface area (TPSA) is 52.5 Å². The maximum Gasteiger partial charge on any atom is 0.183 e. The Kier molecular flexibility index (Phi) is 21.2. The molecule has 0 amide bonds. The van der Waals surface area contributed by atoms with Crippen molar-refractivity contribution in [2.75, 3.05) is 6.61 Å². The van der Waals surface area contributed by atoms with Crippen LogP contribution in [0.15, 0.2) is 0 Å². The van der Waals surface area contributed by atoms with Crippen molar-refractivity contribution < 1.29 is 14.8 Å². The van der Waals surface area contributed by atoms with Crippen LogP contribution in [0.5, 0.6) is 0 Å². The average molecular weight is 369 g/mol. The molecule has 0 aromatic rings. The highest BCUT2D eigenvalue weighted by Gasteiger charge is 2.05. The fraction of sp³-hybridized carbons (Fsp3) is 1.00. The third-order valence-corrected chi connectivity index (χ3v) is 5.19. The van der Waals surface area contributed by atoms with Crippen LogP contribution in [-0.4, -0.2) is 24.9 Å². The van der Waals surface area contributed by atoms with E-state index in [1.54, 1.807) is 0 Å². The predicted octanol–water partition coefficient (Wildman–Crippen LogP) is 5.88. The first-order valence-electron chi connectivity index (χ1n) is 11.7. The number of hydrogen-bond acceptors (Lipinski definition) is 3. The van der Waals surface area contributed by atoms with Crippen molar-refractivity contribution in [3.63, 3.8) is 0 Å². The second-order valence-corrected chi connectivity index (χ2v) is 7.92. The second kappa shape index (κ2) is 21.2. The first-order valence-corrected chi connectivity index (χ1v) is 11.7. The Bertz CT molecular complexity index is 264. The summed E-state index contributed by atoms with van der Waals surface area (Å²) in [5.74, 6) is 0. The zero-order valence-electron chi connectivity index (χ0n) is 17.9. The first kappa shape index (κ1) is 25.9. The number of unbranched alkanes of at least 4 members (excludes halogenated alkanes) is 13. The Morgan fingerprint density at radius 1 is 0.692 bits per heavy atom. The third-order valence-electron chi connectivity index (χ3n) is 5.19. The number of rotatable bonds is 21. The standard InChI is InChI=1S/C22H46BO3/c1-3-5-7-8-9-10-11-12-13-14-15-16-17-18-22(24)19-21-26-23(25)20-6-4-2/h22,24H,3-21H2,1-2H3/q-1. The first-order chi connectivity index (χ1) is 12.7. The largest absolute Gasteiger partial charge is 0.856 e. The molecular weight excluding hydrogens is 323 g/mol. The maximum atomic E-state index is 11.4. The second-order valence-electron chi connectivity index (χ2n) is 7.92. The molecule has 0 saturated heterocycles. The van der Waals surface area contributed by atoms with E-state index in [0.29, 0.717) is 19.3 Å². The smallest absolute Gasteiger partial charge is 0.183 e. The Hall–Kier alpha value is -0.0551. The molecule has 0 spiro atoms. The van der Waals surface area contributed by atoms with Crippen LogP contribution in [0.3, 0.4) is 0 Å². The quantitative estimate of drug-likeness (QED) is 0.203. The highest BCUT2D eigenvalue weighted by atomic mass is 16.5. The summed E-state index contributed by atoms with van der Waals surface area (Å²) in [7, 11) is -0.904. The van der Waals surface area contributed by atoms with Crippen LogP contribution < -0.4 is 5.02 Å². The molecule has 0 fully saturated rings. The lowest BCUT2D eigenvalue weighted by Gasteiger charge is -2.20. The fourth-order valence-electron chi connectivity index (χ4n) is 3.33. The summed E-state index contributed by atoms with van der Waals surface area (Å²) in [6, 6.07) is 0. The van der Waals surface area contributed by atoms with Crippen LogP contribution >= 0.6 is 0 Å². The van der Waals surface area contributed by atoms with Gasteiger partial charge in [0.2, 0.25) is 0 Å². The molecule has 3 nitrogen and oxygen atoms in total. The molecule has 26 heavy (non-hydrogen) atoms. The SMILES string of the molecule is CCCCCCCCCCCCCCCC(O)CCOB([O-])CCCC. The van der Waals surface area contributed by atoms with Gasteiger partial charge in [0.1, 0.15) is 0 Å². The minimum atomic E-state index is -0.904. The molecule has 1 unspecified atom stereocenters. The Morgan fingerprint density at radius 2 is 1.15 bits per heavy atom. The predicted molar refractivity (Wildman–Crippen MR) is 112 cm³/mol. The van der Waals surface area contributed by atoms with E-state index in [0.717, 1.165) is 25.7 Å². The summed E-state index contributed by atoms with van der Waals surface area (Å²) in [6.45, 7) is 4.75. The van der Waals surface area contributed by atoms with Crippen LogP contribution in [0.25, 0.3) is 0 Å². The zero-order valence-corrected chi connectivity index (χ0v) is 17.9. The van der Waals surface area contributed by atoms with Crippen molar-refractivity contribution in [3.05, 3.63) is 0 Å². The van der Waals surface area contributed by atoms with E-state index < -0.39 is 7.12 Å². The highest BCUT2D eigenvalue weighted by Crippen LogP contribution is 2.14. The lowest BCUT2D eigenvalue weighted by molar-refractivity contribution is -0.223. The number of hydrogen-bond donors (Lipinski definition) is 1. The molecule has 156 valence electrons. The average Bonchev–Trinajstić information content (AvgIpc) is 2.63. The van der Waals surface area contributed by atoms with Crippen molar-refractivity contribution in [3.8, 4) is 0 Å². The zero-order chi connectivity index (χ0) is 19.3. The normalized spacial score (nSPS) is 12.5. The van der Waals surface area contributed by atoms with Gasteiger partial charge in [0, 0.05) is 6.61 Å².